The Bertz CT molecular complexity index is 1230. The van der Waals surface area contributed by atoms with Crippen LogP contribution in [-0.4, -0.2) is 76.4 Å². The number of anilines is 2. The maximum absolute atomic E-state index is 12.1. The van der Waals surface area contributed by atoms with Gasteiger partial charge in [-0.05, 0) is 39.0 Å². The first-order chi connectivity index (χ1) is 18.2. The van der Waals surface area contributed by atoms with Crippen LogP contribution >= 0.6 is 0 Å². The second-order valence-electron chi connectivity index (χ2n) is 10.1. The molecule has 0 fully saturated rings. The van der Waals surface area contributed by atoms with Gasteiger partial charge in [0.15, 0.2) is 5.75 Å². The largest absolute Gasteiger partial charge is 0.484 e. The van der Waals surface area contributed by atoms with Crippen LogP contribution in [0.25, 0.3) is 11.3 Å². The van der Waals surface area contributed by atoms with Gasteiger partial charge in [0.25, 0.3) is 5.88 Å². The highest BCUT2D eigenvalue weighted by atomic mass is 16.6. The number of amides is 1. The SMILES string of the molecule is C[C@H](CNc1cc(-c2ccc(NCCN(C)C(=O)OC(C)(C)C)nc2)ncn1)c1ccnc2c1OCCO2. The van der Waals surface area contributed by atoms with Gasteiger partial charge < -0.3 is 29.7 Å². The van der Waals surface area contributed by atoms with Crippen molar-refractivity contribution in [2.75, 3.05) is 50.5 Å². The van der Waals surface area contributed by atoms with E-state index < -0.39 is 5.60 Å². The Morgan fingerprint density at radius 3 is 2.66 bits per heavy atom. The van der Waals surface area contributed by atoms with Crippen molar-refractivity contribution in [3.63, 3.8) is 0 Å². The van der Waals surface area contributed by atoms with E-state index in [1.165, 1.54) is 11.2 Å². The summed E-state index contributed by atoms with van der Waals surface area (Å²) in [4.78, 5) is 31.1. The number of rotatable bonds is 9. The lowest BCUT2D eigenvalue weighted by molar-refractivity contribution is 0.0305. The third-order valence-electron chi connectivity index (χ3n) is 5.78. The van der Waals surface area contributed by atoms with Gasteiger partial charge in [0, 0.05) is 62.2 Å². The molecule has 2 N–H and O–H groups in total. The Balaban J connectivity index is 1.30. The number of hydrogen-bond acceptors (Lipinski definition) is 10. The lowest BCUT2D eigenvalue weighted by Gasteiger charge is -2.24. The molecular formula is C27H35N7O4. The van der Waals surface area contributed by atoms with Gasteiger partial charge in [0.2, 0.25) is 0 Å². The molecule has 1 aliphatic heterocycles. The molecule has 1 aliphatic rings. The Morgan fingerprint density at radius 1 is 1.08 bits per heavy atom. The number of likely N-dealkylation sites (N-methyl/N-ethyl adjacent to an activating group) is 1. The van der Waals surface area contributed by atoms with Gasteiger partial charge >= 0.3 is 6.09 Å². The van der Waals surface area contributed by atoms with E-state index >= 15 is 0 Å². The lowest BCUT2D eigenvalue weighted by atomic mass is 10.0. The van der Waals surface area contributed by atoms with Crippen LogP contribution in [0.1, 0.15) is 39.2 Å². The quantitative estimate of drug-likeness (QED) is 0.423. The maximum atomic E-state index is 12.1. The lowest BCUT2D eigenvalue weighted by Crippen LogP contribution is -2.36. The van der Waals surface area contributed by atoms with Crippen LogP contribution in [0.2, 0.25) is 0 Å². The van der Waals surface area contributed by atoms with Crippen molar-refractivity contribution in [1.82, 2.24) is 24.8 Å². The first-order valence-corrected chi connectivity index (χ1v) is 12.6. The van der Waals surface area contributed by atoms with Crippen molar-refractivity contribution in [1.29, 1.82) is 0 Å². The van der Waals surface area contributed by atoms with Gasteiger partial charge in [-0.1, -0.05) is 6.92 Å². The number of nitrogens with one attached hydrogen (secondary N) is 2. The summed E-state index contributed by atoms with van der Waals surface area (Å²) in [5.41, 5.74) is 2.15. The number of hydrogen-bond donors (Lipinski definition) is 2. The molecule has 11 nitrogen and oxygen atoms in total. The maximum Gasteiger partial charge on any atom is 0.410 e. The van der Waals surface area contributed by atoms with Crippen molar-refractivity contribution in [2.45, 2.75) is 39.2 Å². The number of carbonyl (C=O) groups is 1. The van der Waals surface area contributed by atoms with E-state index in [0.29, 0.717) is 56.1 Å². The second-order valence-corrected chi connectivity index (χ2v) is 10.1. The highest BCUT2D eigenvalue weighted by Crippen LogP contribution is 2.35. The number of aromatic nitrogens is 4. The second kappa shape index (κ2) is 11.9. The molecule has 202 valence electrons. The van der Waals surface area contributed by atoms with E-state index in [9.17, 15) is 4.79 Å². The summed E-state index contributed by atoms with van der Waals surface area (Å²) in [5.74, 6) is 2.83. The fraction of sp³-hybridized carbons (Fsp3) is 0.444. The standard InChI is InChI=1S/C27H35N7O4/c1-18(20-8-9-29-25-24(20)36-12-13-37-25)15-30-23-14-21(32-17-33-23)19-6-7-22(31-16-19)28-10-11-34(5)26(35)38-27(2,3)4/h6-9,14,16-18H,10-13,15H2,1-5H3,(H,28,31)(H,30,32,33)/t18-/m1/s1. The molecule has 0 saturated heterocycles. The van der Waals surface area contributed by atoms with Crippen LogP contribution in [0.15, 0.2) is 43.0 Å². The van der Waals surface area contributed by atoms with Crippen LogP contribution in [0.3, 0.4) is 0 Å². The predicted octanol–water partition coefficient (Wildman–Crippen LogP) is 4.20. The van der Waals surface area contributed by atoms with Crippen LogP contribution in [0, 0.1) is 0 Å². The number of carbonyl (C=O) groups excluding carboxylic acids is 1. The van der Waals surface area contributed by atoms with E-state index in [0.717, 1.165) is 16.8 Å². The fourth-order valence-electron chi connectivity index (χ4n) is 3.77. The Hall–Kier alpha value is -4.15. The Kier molecular flexibility index (Phi) is 8.45. The Labute approximate surface area is 223 Å². The van der Waals surface area contributed by atoms with E-state index in [-0.39, 0.29) is 12.0 Å². The van der Waals surface area contributed by atoms with Gasteiger partial charge in [-0.2, -0.15) is 0 Å². The summed E-state index contributed by atoms with van der Waals surface area (Å²) in [5, 5.41) is 6.61. The number of ether oxygens (including phenoxy) is 3. The average Bonchev–Trinajstić information content (AvgIpc) is 2.91. The summed E-state index contributed by atoms with van der Waals surface area (Å²) in [6.07, 6.45) is 4.68. The molecular weight excluding hydrogens is 486 g/mol. The molecule has 38 heavy (non-hydrogen) atoms. The molecule has 1 atom stereocenters. The molecule has 0 radical (unpaired) electrons. The smallest absolute Gasteiger partial charge is 0.410 e. The van der Waals surface area contributed by atoms with Crippen LogP contribution in [0.5, 0.6) is 11.6 Å². The number of fused-ring (bicyclic) bond motifs is 1. The van der Waals surface area contributed by atoms with Gasteiger partial charge in [0.1, 0.15) is 36.8 Å². The van der Waals surface area contributed by atoms with Crippen molar-refractivity contribution < 1.29 is 19.0 Å². The molecule has 11 heteroatoms. The molecule has 0 unspecified atom stereocenters. The minimum Gasteiger partial charge on any atom is -0.484 e. The zero-order chi connectivity index (χ0) is 27.1. The molecule has 0 saturated carbocycles. The molecule has 3 aromatic rings. The average molecular weight is 522 g/mol. The summed E-state index contributed by atoms with van der Waals surface area (Å²) >= 11 is 0. The van der Waals surface area contributed by atoms with Crippen LogP contribution in [-0.2, 0) is 4.74 Å². The fourth-order valence-corrected chi connectivity index (χ4v) is 3.77. The van der Waals surface area contributed by atoms with Crippen LogP contribution < -0.4 is 20.1 Å². The van der Waals surface area contributed by atoms with Crippen molar-refractivity contribution in [3.05, 3.63) is 48.5 Å². The van der Waals surface area contributed by atoms with E-state index in [4.69, 9.17) is 14.2 Å². The summed E-state index contributed by atoms with van der Waals surface area (Å²) in [6.45, 7) is 10.4. The first-order valence-electron chi connectivity index (χ1n) is 12.6. The molecule has 0 bridgehead atoms. The minimum atomic E-state index is -0.520. The van der Waals surface area contributed by atoms with Crippen molar-refractivity contribution in [2.24, 2.45) is 0 Å². The topological polar surface area (TPSA) is 124 Å². The van der Waals surface area contributed by atoms with Gasteiger partial charge in [-0.15, -0.1) is 0 Å². The molecule has 1 amide bonds. The van der Waals surface area contributed by atoms with E-state index in [1.807, 2.05) is 45.0 Å². The summed E-state index contributed by atoms with van der Waals surface area (Å²) < 4.78 is 16.8. The molecule has 4 rings (SSSR count). The molecule has 3 aromatic heterocycles. The summed E-state index contributed by atoms with van der Waals surface area (Å²) in [7, 11) is 1.71. The predicted molar refractivity (Wildman–Crippen MR) is 145 cm³/mol. The van der Waals surface area contributed by atoms with E-state index in [1.54, 1.807) is 19.4 Å². The molecule has 0 aliphatic carbocycles. The zero-order valence-electron chi connectivity index (χ0n) is 22.5. The first kappa shape index (κ1) is 26.9. The highest BCUT2D eigenvalue weighted by molar-refractivity contribution is 5.67. The van der Waals surface area contributed by atoms with Gasteiger partial charge in [-0.3, -0.25) is 0 Å². The molecule has 0 aromatic carbocycles. The van der Waals surface area contributed by atoms with E-state index in [2.05, 4.69) is 37.5 Å². The minimum absolute atomic E-state index is 0.147. The van der Waals surface area contributed by atoms with Crippen LogP contribution in [0.4, 0.5) is 16.4 Å². The van der Waals surface area contributed by atoms with Crippen molar-refractivity contribution >= 4 is 17.7 Å². The third-order valence-corrected chi connectivity index (χ3v) is 5.78. The van der Waals surface area contributed by atoms with Gasteiger partial charge in [0.05, 0.1) is 5.69 Å². The number of pyridine rings is 2. The zero-order valence-corrected chi connectivity index (χ0v) is 22.5. The Morgan fingerprint density at radius 2 is 1.89 bits per heavy atom. The third kappa shape index (κ3) is 7.21. The number of nitrogens with zero attached hydrogens (tertiary/aromatic N) is 5. The normalized spacial score (nSPS) is 13.4. The van der Waals surface area contributed by atoms with Gasteiger partial charge in [-0.25, -0.2) is 24.7 Å². The molecule has 0 spiro atoms. The monoisotopic (exact) mass is 521 g/mol. The molecule has 4 heterocycles. The highest BCUT2D eigenvalue weighted by Gasteiger charge is 2.21. The van der Waals surface area contributed by atoms with Crippen molar-refractivity contribution in [3.8, 4) is 22.9 Å². The summed E-state index contributed by atoms with van der Waals surface area (Å²) in [6, 6.07) is 7.69.